The van der Waals surface area contributed by atoms with Crippen LogP contribution >= 0.6 is 12.2 Å². The molecule has 0 N–H and O–H groups in total. The number of piperidine rings is 1. The Kier molecular flexibility index (Phi) is 7.21. The highest BCUT2D eigenvalue weighted by atomic mass is 32.1. The predicted octanol–water partition coefficient (Wildman–Crippen LogP) is 4.04. The number of ether oxygens (including phenoxy) is 1. The molecule has 2 aliphatic rings. The third kappa shape index (κ3) is 5.15. The van der Waals surface area contributed by atoms with E-state index in [1.807, 2.05) is 36.1 Å². The number of aromatic nitrogens is 1. The first-order valence-electron chi connectivity index (χ1n) is 11.5. The van der Waals surface area contributed by atoms with Gasteiger partial charge in [0.05, 0.1) is 11.9 Å². The molecule has 0 radical (unpaired) electrons. The second-order valence-electron chi connectivity index (χ2n) is 8.48. The van der Waals surface area contributed by atoms with Gasteiger partial charge in [0.15, 0.2) is 5.11 Å². The first-order chi connectivity index (χ1) is 16.0. The Bertz CT molecular complexity index is 1060. The number of hydrogen-bond donors (Lipinski definition) is 0. The lowest BCUT2D eigenvalue weighted by Gasteiger charge is -2.31. The zero-order valence-corrected chi connectivity index (χ0v) is 20.0. The Hall–Kier alpha value is -3.02. The molecule has 2 aliphatic heterocycles. The lowest BCUT2D eigenvalue weighted by molar-refractivity contribution is -0.117. The summed E-state index contributed by atoms with van der Waals surface area (Å²) in [6.45, 7) is 7.90. The number of rotatable bonds is 5. The van der Waals surface area contributed by atoms with Gasteiger partial charge in [0, 0.05) is 31.7 Å². The minimum atomic E-state index is -0.0632. The van der Waals surface area contributed by atoms with E-state index < -0.39 is 0 Å². The lowest BCUT2D eigenvalue weighted by Crippen LogP contribution is -2.44. The van der Waals surface area contributed by atoms with Crippen molar-refractivity contribution < 1.29 is 9.53 Å². The van der Waals surface area contributed by atoms with Crippen LogP contribution in [0.25, 0.3) is 0 Å². The molecule has 2 fully saturated rings. The van der Waals surface area contributed by atoms with Crippen LogP contribution in [0.15, 0.2) is 36.5 Å². The Labute approximate surface area is 200 Å². The average molecular weight is 464 g/mol. The third-order valence-electron chi connectivity index (χ3n) is 6.30. The van der Waals surface area contributed by atoms with Crippen molar-refractivity contribution in [3.8, 4) is 11.8 Å². The number of benzene rings is 1. The molecule has 1 aromatic heterocycles. The summed E-state index contributed by atoms with van der Waals surface area (Å²) in [4.78, 5) is 23.0. The zero-order chi connectivity index (χ0) is 23.4. The zero-order valence-electron chi connectivity index (χ0n) is 19.2. The molecule has 0 spiro atoms. The van der Waals surface area contributed by atoms with Gasteiger partial charge in [-0.2, -0.15) is 5.26 Å². The molecule has 0 saturated carbocycles. The number of amides is 1. The molecule has 2 aromatic rings. The Morgan fingerprint density at radius 1 is 1.18 bits per heavy atom. The van der Waals surface area contributed by atoms with Crippen molar-refractivity contribution in [3.05, 3.63) is 47.8 Å². The third-order valence-corrected chi connectivity index (χ3v) is 6.71. The quantitative estimate of drug-likeness (QED) is 0.620. The molecular weight excluding hydrogens is 434 g/mol. The molecule has 3 heterocycles. The van der Waals surface area contributed by atoms with Gasteiger partial charge in [-0.1, -0.05) is 6.92 Å². The molecule has 8 heteroatoms. The summed E-state index contributed by atoms with van der Waals surface area (Å²) in [7, 11) is 0. The highest BCUT2D eigenvalue weighted by molar-refractivity contribution is 7.81. The van der Waals surface area contributed by atoms with Gasteiger partial charge < -0.3 is 14.5 Å². The largest absolute Gasteiger partial charge is 0.490 e. The number of carbonyl (C=O) groups is 1. The number of nitriles is 1. The van der Waals surface area contributed by atoms with Crippen molar-refractivity contribution in [2.45, 2.75) is 45.6 Å². The number of nitrogens with zero attached hydrogens (tertiary/aromatic N) is 5. The summed E-state index contributed by atoms with van der Waals surface area (Å²) >= 11 is 5.77. The Morgan fingerprint density at radius 2 is 1.91 bits per heavy atom. The van der Waals surface area contributed by atoms with Crippen LogP contribution in [0.3, 0.4) is 0 Å². The molecule has 1 amide bonds. The molecule has 2 saturated heterocycles. The van der Waals surface area contributed by atoms with E-state index in [0.29, 0.717) is 41.4 Å². The van der Waals surface area contributed by atoms with Crippen LogP contribution in [0, 0.1) is 18.3 Å². The summed E-state index contributed by atoms with van der Waals surface area (Å²) < 4.78 is 6.21. The van der Waals surface area contributed by atoms with E-state index in [1.165, 1.54) is 4.90 Å². The molecule has 0 atom stereocenters. The summed E-state index contributed by atoms with van der Waals surface area (Å²) in [5.41, 5.74) is 2.57. The number of likely N-dealkylation sites (tertiary alicyclic amines) is 1. The second-order valence-corrected chi connectivity index (χ2v) is 8.85. The second kappa shape index (κ2) is 10.3. The smallest absolute Gasteiger partial charge is 0.233 e. The van der Waals surface area contributed by atoms with Gasteiger partial charge in [0.25, 0.3) is 0 Å². The molecule has 4 rings (SSSR count). The highest BCUT2D eigenvalue weighted by Gasteiger charge is 2.29. The summed E-state index contributed by atoms with van der Waals surface area (Å²) in [6, 6.07) is 11.8. The van der Waals surface area contributed by atoms with Crippen molar-refractivity contribution >= 4 is 34.6 Å². The van der Waals surface area contributed by atoms with Crippen LogP contribution in [0.2, 0.25) is 0 Å². The number of aryl methyl sites for hydroxylation is 1. The van der Waals surface area contributed by atoms with E-state index in [9.17, 15) is 4.79 Å². The topological polar surface area (TPSA) is 72.7 Å². The molecule has 33 heavy (non-hydrogen) atoms. The van der Waals surface area contributed by atoms with E-state index in [-0.39, 0.29) is 12.0 Å². The molecular formula is C25H29N5O2S. The van der Waals surface area contributed by atoms with Crippen LogP contribution < -0.4 is 14.5 Å². The van der Waals surface area contributed by atoms with Crippen molar-refractivity contribution in [1.29, 1.82) is 5.26 Å². The van der Waals surface area contributed by atoms with Crippen LogP contribution in [-0.2, 0) is 4.79 Å². The van der Waals surface area contributed by atoms with Crippen LogP contribution in [0.5, 0.6) is 5.75 Å². The van der Waals surface area contributed by atoms with Crippen LogP contribution in [-0.4, -0.2) is 53.2 Å². The Morgan fingerprint density at radius 3 is 2.55 bits per heavy atom. The Balaban J connectivity index is 1.50. The van der Waals surface area contributed by atoms with Crippen LogP contribution in [0.4, 0.5) is 11.4 Å². The lowest BCUT2D eigenvalue weighted by atomic mass is 10.1. The van der Waals surface area contributed by atoms with Gasteiger partial charge in [0.1, 0.15) is 23.6 Å². The SMILES string of the molecule is CCN1CCC(Oc2ccc(N3CCCC(=O)N(c4cnc(C#N)c(C)c4)C3=S)cc2)CC1. The van der Waals surface area contributed by atoms with Gasteiger partial charge in [-0.25, -0.2) is 4.98 Å². The number of pyridine rings is 1. The van der Waals surface area contributed by atoms with E-state index >= 15 is 0 Å². The molecule has 1 aromatic carbocycles. The fraction of sp³-hybridized carbons (Fsp3) is 0.440. The first kappa shape index (κ1) is 23.1. The molecule has 0 unspecified atom stereocenters. The maximum atomic E-state index is 12.9. The predicted molar refractivity (Wildman–Crippen MR) is 133 cm³/mol. The van der Waals surface area contributed by atoms with Crippen molar-refractivity contribution in [3.63, 3.8) is 0 Å². The number of hydrogen-bond acceptors (Lipinski definition) is 6. The van der Waals surface area contributed by atoms with Gasteiger partial charge >= 0.3 is 0 Å². The van der Waals surface area contributed by atoms with E-state index in [4.69, 9.17) is 22.2 Å². The van der Waals surface area contributed by atoms with Crippen molar-refractivity contribution in [1.82, 2.24) is 9.88 Å². The van der Waals surface area contributed by atoms with Crippen molar-refractivity contribution in [2.24, 2.45) is 0 Å². The average Bonchev–Trinajstić information content (AvgIpc) is 2.97. The maximum Gasteiger partial charge on any atom is 0.233 e. The van der Waals surface area contributed by atoms with Gasteiger partial charge in [0.2, 0.25) is 5.91 Å². The molecule has 0 bridgehead atoms. The number of anilines is 2. The summed E-state index contributed by atoms with van der Waals surface area (Å²) in [5, 5.41) is 9.59. The fourth-order valence-electron chi connectivity index (χ4n) is 4.36. The van der Waals surface area contributed by atoms with E-state index in [0.717, 1.165) is 43.9 Å². The van der Waals surface area contributed by atoms with Gasteiger partial charge in [-0.05, 0) is 80.8 Å². The molecule has 7 nitrogen and oxygen atoms in total. The van der Waals surface area contributed by atoms with Gasteiger partial charge in [-0.3, -0.25) is 9.69 Å². The fourth-order valence-corrected chi connectivity index (χ4v) is 4.76. The summed E-state index contributed by atoms with van der Waals surface area (Å²) in [5.74, 6) is 0.793. The highest BCUT2D eigenvalue weighted by Crippen LogP contribution is 2.28. The van der Waals surface area contributed by atoms with E-state index in [2.05, 4.69) is 22.9 Å². The minimum absolute atomic E-state index is 0.0632. The summed E-state index contributed by atoms with van der Waals surface area (Å²) in [6.07, 6.45) is 4.97. The number of carbonyl (C=O) groups excluding carboxylic acids is 1. The number of thiocarbonyl (C=S) groups is 1. The monoisotopic (exact) mass is 463 g/mol. The first-order valence-corrected chi connectivity index (χ1v) is 11.9. The van der Waals surface area contributed by atoms with Gasteiger partial charge in [-0.15, -0.1) is 0 Å². The van der Waals surface area contributed by atoms with Crippen LogP contribution in [0.1, 0.15) is 43.9 Å². The standard InChI is InChI=1S/C25H29N5O2S/c1-3-28-13-10-22(11-14-28)32-21-8-6-19(7-9-21)29-12-4-5-24(31)30(25(29)33)20-15-18(2)23(16-26)27-17-20/h6-9,15,17,22H,3-5,10-14H2,1-2H3. The van der Waals surface area contributed by atoms with E-state index in [1.54, 1.807) is 12.3 Å². The molecule has 172 valence electrons. The molecule has 0 aliphatic carbocycles. The normalized spacial score (nSPS) is 18.2. The maximum absolute atomic E-state index is 12.9. The van der Waals surface area contributed by atoms with Crippen molar-refractivity contribution in [2.75, 3.05) is 36.0 Å². The minimum Gasteiger partial charge on any atom is -0.490 e.